The number of hydrogen-bond donors (Lipinski definition) is 2. The summed E-state index contributed by atoms with van der Waals surface area (Å²) in [6.45, 7) is 1.26. The minimum atomic E-state index is -2.94. The average Bonchev–Trinajstić information content (AvgIpc) is 3.61. The molecule has 2 N–H and O–H groups in total. The monoisotopic (exact) mass is 428 g/mol. The zero-order valence-corrected chi connectivity index (χ0v) is 17.0. The third-order valence-corrected chi connectivity index (χ3v) is 5.97. The van der Waals surface area contributed by atoms with Gasteiger partial charge in [0, 0.05) is 42.7 Å². The lowest BCUT2D eigenvalue weighted by atomic mass is 9.96. The number of hydrogen-bond acceptors (Lipinski definition) is 3. The van der Waals surface area contributed by atoms with E-state index < -0.39 is 11.3 Å². The van der Waals surface area contributed by atoms with E-state index in [-0.39, 0.29) is 30.6 Å². The van der Waals surface area contributed by atoms with Crippen LogP contribution in [0.25, 0.3) is 0 Å². The molecule has 6 heteroatoms. The van der Waals surface area contributed by atoms with Crippen LogP contribution in [0.4, 0.5) is 20.2 Å². The molecule has 2 aromatic rings. The molecule has 2 aliphatic carbocycles. The van der Waals surface area contributed by atoms with Crippen molar-refractivity contribution < 1.29 is 18.4 Å². The predicted molar refractivity (Wildman–Crippen MR) is 118 cm³/mol. The van der Waals surface area contributed by atoms with Gasteiger partial charge in [-0.15, -0.1) is 0 Å². The summed E-state index contributed by atoms with van der Waals surface area (Å²) in [6.07, 6.45) is 3.87. The zero-order valence-electron chi connectivity index (χ0n) is 17.0. The van der Waals surface area contributed by atoms with Crippen molar-refractivity contribution in [3.05, 3.63) is 59.7 Å². The standard InChI is InChI=1S/C24H26F2N2O2.CH4/c1-23(25,26)19-4-2-3-5-20(19)28-18-10-6-16(7-11-18)15-27-22(30)24(12-13-24)14-21(29)17-8-9-17;/h2-7,10-11,17,28H,8-9,12-15H2,1H3,(H,27,30);1H4. The molecule has 0 bridgehead atoms. The van der Waals surface area contributed by atoms with E-state index in [1.807, 2.05) is 12.1 Å². The maximum Gasteiger partial charge on any atom is 0.272 e. The molecule has 2 saturated carbocycles. The van der Waals surface area contributed by atoms with Crippen LogP contribution in [0.2, 0.25) is 0 Å². The fraction of sp³-hybridized carbons (Fsp3) is 0.440. The fourth-order valence-electron chi connectivity index (χ4n) is 3.72. The highest BCUT2D eigenvalue weighted by atomic mass is 19.3. The molecule has 2 fully saturated rings. The molecule has 31 heavy (non-hydrogen) atoms. The zero-order chi connectivity index (χ0) is 21.4. The van der Waals surface area contributed by atoms with E-state index in [2.05, 4.69) is 10.6 Å². The highest BCUT2D eigenvalue weighted by Gasteiger charge is 2.52. The summed E-state index contributed by atoms with van der Waals surface area (Å²) in [7, 11) is 0. The van der Waals surface area contributed by atoms with E-state index >= 15 is 0 Å². The lowest BCUT2D eigenvalue weighted by molar-refractivity contribution is -0.131. The van der Waals surface area contributed by atoms with Crippen molar-refractivity contribution in [2.75, 3.05) is 5.32 Å². The van der Waals surface area contributed by atoms with E-state index in [4.69, 9.17) is 0 Å². The quantitative estimate of drug-likeness (QED) is 0.519. The Bertz CT molecular complexity index is 943. The second-order valence-electron chi connectivity index (χ2n) is 8.64. The molecule has 4 nitrogen and oxygen atoms in total. The summed E-state index contributed by atoms with van der Waals surface area (Å²) in [4.78, 5) is 24.7. The van der Waals surface area contributed by atoms with Gasteiger partial charge in [0.2, 0.25) is 5.91 Å². The molecular weight excluding hydrogens is 398 g/mol. The molecule has 4 rings (SSSR count). The first-order valence-electron chi connectivity index (χ1n) is 10.4. The molecule has 0 heterocycles. The number of amides is 1. The molecule has 1 amide bonds. The molecule has 0 radical (unpaired) electrons. The first-order chi connectivity index (χ1) is 14.3. The molecule has 0 spiro atoms. The van der Waals surface area contributed by atoms with Gasteiger partial charge in [-0.25, -0.2) is 8.78 Å². The van der Waals surface area contributed by atoms with Gasteiger partial charge in [0.15, 0.2) is 0 Å². The van der Waals surface area contributed by atoms with E-state index in [0.717, 1.165) is 38.2 Å². The normalized spacial score (nSPS) is 16.7. The Morgan fingerprint density at radius 2 is 1.71 bits per heavy atom. The van der Waals surface area contributed by atoms with E-state index in [1.165, 1.54) is 6.07 Å². The Hall–Kier alpha value is -2.76. The van der Waals surface area contributed by atoms with Gasteiger partial charge < -0.3 is 10.6 Å². The van der Waals surface area contributed by atoms with Crippen molar-refractivity contribution in [2.24, 2.45) is 11.3 Å². The van der Waals surface area contributed by atoms with Gasteiger partial charge in [-0.2, -0.15) is 0 Å². The Labute approximate surface area is 182 Å². The lowest BCUT2D eigenvalue weighted by Gasteiger charge is -2.17. The van der Waals surface area contributed by atoms with Gasteiger partial charge in [0.05, 0.1) is 5.41 Å². The number of ketones is 1. The van der Waals surface area contributed by atoms with Crippen molar-refractivity contribution in [1.29, 1.82) is 0 Å². The number of carbonyl (C=O) groups is 2. The third kappa shape index (κ3) is 5.49. The first kappa shape index (κ1) is 22.9. The Balaban J connectivity index is 0.00000272. The minimum Gasteiger partial charge on any atom is -0.355 e. The molecule has 2 aromatic carbocycles. The number of para-hydroxylation sites is 1. The molecule has 0 atom stereocenters. The van der Waals surface area contributed by atoms with Crippen LogP contribution in [0.3, 0.4) is 0 Å². The van der Waals surface area contributed by atoms with Gasteiger partial charge in [0.1, 0.15) is 5.78 Å². The van der Waals surface area contributed by atoms with E-state index in [0.29, 0.717) is 24.3 Å². The Morgan fingerprint density at radius 1 is 1.06 bits per heavy atom. The van der Waals surface area contributed by atoms with Crippen molar-refractivity contribution in [3.63, 3.8) is 0 Å². The van der Waals surface area contributed by atoms with E-state index in [9.17, 15) is 18.4 Å². The Morgan fingerprint density at radius 3 is 2.29 bits per heavy atom. The Kier molecular flexibility index (Phi) is 6.48. The number of nitrogens with one attached hydrogen (secondary N) is 2. The average molecular weight is 429 g/mol. The van der Waals surface area contributed by atoms with Gasteiger partial charge in [-0.05, 0) is 49.4 Å². The largest absolute Gasteiger partial charge is 0.355 e. The third-order valence-electron chi connectivity index (χ3n) is 5.97. The summed E-state index contributed by atoms with van der Waals surface area (Å²) < 4.78 is 27.6. The predicted octanol–water partition coefficient (Wildman–Crippen LogP) is 5.94. The minimum absolute atomic E-state index is 0. The molecular formula is C25H30F2N2O2. The summed E-state index contributed by atoms with van der Waals surface area (Å²) in [5.41, 5.74) is 1.41. The fourth-order valence-corrected chi connectivity index (χ4v) is 3.72. The maximum absolute atomic E-state index is 13.8. The number of carbonyl (C=O) groups excluding carboxylic acids is 2. The number of anilines is 2. The van der Waals surface area contributed by atoms with Crippen molar-refractivity contribution in [3.8, 4) is 0 Å². The topological polar surface area (TPSA) is 58.2 Å². The van der Waals surface area contributed by atoms with Crippen LogP contribution in [0.1, 0.15) is 57.6 Å². The van der Waals surface area contributed by atoms with Gasteiger partial charge in [0.25, 0.3) is 5.92 Å². The molecule has 166 valence electrons. The van der Waals surface area contributed by atoms with Crippen molar-refractivity contribution >= 4 is 23.1 Å². The van der Waals surface area contributed by atoms with Gasteiger partial charge >= 0.3 is 0 Å². The van der Waals surface area contributed by atoms with Crippen LogP contribution >= 0.6 is 0 Å². The van der Waals surface area contributed by atoms with Crippen molar-refractivity contribution in [1.82, 2.24) is 5.32 Å². The summed E-state index contributed by atoms with van der Waals surface area (Å²) in [5.74, 6) is -2.56. The highest BCUT2D eigenvalue weighted by molar-refractivity contribution is 5.93. The van der Waals surface area contributed by atoms with Crippen LogP contribution < -0.4 is 10.6 Å². The van der Waals surface area contributed by atoms with Crippen LogP contribution in [0.5, 0.6) is 0 Å². The molecule has 2 aliphatic rings. The SMILES string of the molecule is C.CC(F)(F)c1ccccc1Nc1ccc(CNC(=O)C2(CC(=O)C3CC3)CC2)cc1. The highest BCUT2D eigenvalue weighted by Crippen LogP contribution is 2.51. The summed E-state index contributed by atoms with van der Waals surface area (Å²) in [6, 6.07) is 13.6. The molecule has 0 saturated heterocycles. The first-order valence-corrected chi connectivity index (χ1v) is 10.4. The number of rotatable bonds is 9. The summed E-state index contributed by atoms with van der Waals surface area (Å²) in [5, 5.41) is 5.99. The molecule has 0 aromatic heterocycles. The smallest absolute Gasteiger partial charge is 0.272 e. The van der Waals surface area contributed by atoms with E-state index in [1.54, 1.807) is 30.3 Å². The maximum atomic E-state index is 13.8. The number of benzene rings is 2. The number of alkyl halides is 2. The van der Waals surface area contributed by atoms with Crippen LogP contribution in [0.15, 0.2) is 48.5 Å². The second kappa shape index (κ2) is 8.77. The van der Waals surface area contributed by atoms with Gasteiger partial charge in [-0.3, -0.25) is 9.59 Å². The molecule has 0 unspecified atom stereocenters. The molecule has 0 aliphatic heterocycles. The van der Waals surface area contributed by atoms with Gasteiger partial charge in [-0.1, -0.05) is 37.8 Å². The number of Topliss-reactive ketones (excluding diaryl/α,β-unsaturated/α-hetero) is 1. The second-order valence-corrected chi connectivity index (χ2v) is 8.64. The van der Waals surface area contributed by atoms with Crippen LogP contribution in [-0.2, 0) is 22.1 Å². The van der Waals surface area contributed by atoms with Crippen LogP contribution in [-0.4, -0.2) is 11.7 Å². The number of halogens is 2. The van der Waals surface area contributed by atoms with Crippen molar-refractivity contribution in [2.45, 2.75) is 58.9 Å². The summed E-state index contributed by atoms with van der Waals surface area (Å²) >= 11 is 0. The van der Waals surface area contributed by atoms with Crippen LogP contribution in [0, 0.1) is 11.3 Å². The lowest BCUT2D eigenvalue weighted by Crippen LogP contribution is -2.33.